The molecular weight excluding hydrogens is 336 g/mol. The van der Waals surface area contributed by atoms with Gasteiger partial charge in [0, 0.05) is 31.4 Å². The highest BCUT2D eigenvalue weighted by Crippen LogP contribution is 2.13. The van der Waals surface area contributed by atoms with Gasteiger partial charge in [-0.05, 0) is 43.8 Å². The number of hydrogen-bond donors (Lipinski definition) is 2. The molecule has 0 radical (unpaired) electrons. The Morgan fingerprint density at radius 3 is 2.23 bits per heavy atom. The summed E-state index contributed by atoms with van der Waals surface area (Å²) in [5, 5.41) is 14.8. The fraction of sp³-hybridized carbons (Fsp3) is 0.316. The molecule has 1 heterocycles. The van der Waals surface area contributed by atoms with Crippen molar-refractivity contribution in [2.24, 2.45) is 0 Å². The fourth-order valence-corrected chi connectivity index (χ4v) is 2.10. The quantitative estimate of drug-likeness (QED) is 0.731. The van der Waals surface area contributed by atoms with E-state index >= 15 is 0 Å². The lowest BCUT2D eigenvalue weighted by Crippen LogP contribution is -2.21. The largest absolute Gasteiger partial charge is 0.494 e. The molecule has 0 aliphatic carbocycles. The summed E-state index contributed by atoms with van der Waals surface area (Å²) >= 11 is 0. The van der Waals surface area contributed by atoms with Gasteiger partial charge in [-0.25, -0.2) is 9.59 Å². The Kier molecular flexibility index (Phi) is 9.42. The highest BCUT2D eigenvalue weighted by molar-refractivity contribution is 6.27. The number of nitrogens with zero attached hydrogens (tertiary/aromatic N) is 2. The number of carbonyl (C=O) groups is 2. The molecule has 1 aromatic heterocycles. The van der Waals surface area contributed by atoms with Crippen molar-refractivity contribution in [2.45, 2.75) is 19.9 Å². The maximum absolute atomic E-state index is 9.10. The molecule has 2 aromatic rings. The first-order valence-corrected chi connectivity index (χ1v) is 8.18. The number of carboxylic acids is 2. The molecule has 0 spiro atoms. The first-order chi connectivity index (χ1) is 12.4. The highest BCUT2D eigenvalue weighted by Gasteiger charge is 2.04. The van der Waals surface area contributed by atoms with Crippen LogP contribution in [0.5, 0.6) is 5.75 Å². The minimum atomic E-state index is -1.82. The Balaban J connectivity index is 0.000000487. The number of rotatable bonds is 7. The Bertz CT molecular complexity index is 662. The number of likely N-dealkylation sites (N-methyl/N-ethyl adjacent to an activating group) is 1. The van der Waals surface area contributed by atoms with Crippen molar-refractivity contribution in [3.05, 3.63) is 59.9 Å². The molecule has 26 heavy (non-hydrogen) atoms. The van der Waals surface area contributed by atoms with Crippen molar-refractivity contribution in [2.75, 3.05) is 20.2 Å². The number of ether oxygens (including phenoxy) is 1. The first kappa shape index (κ1) is 21.1. The summed E-state index contributed by atoms with van der Waals surface area (Å²) in [5.41, 5.74) is 2.45. The van der Waals surface area contributed by atoms with Crippen molar-refractivity contribution in [3.8, 4) is 5.75 Å². The third kappa shape index (κ3) is 8.79. The minimum absolute atomic E-state index is 0.712. The summed E-state index contributed by atoms with van der Waals surface area (Å²) in [5.74, 6) is -2.71. The monoisotopic (exact) mass is 360 g/mol. The van der Waals surface area contributed by atoms with E-state index < -0.39 is 11.9 Å². The van der Waals surface area contributed by atoms with Gasteiger partial charge in [-0.15, -0.1) is 0 Å². The van der Waals surface area contributed by atoms with Crippen LogP contribution in [0.3, 0.4) is 0 Å². The van der Waals surface area contributed by atoms with E-state index in [1.54, 1.807) is 0 Å². The SMILES string of the molecule is CCOc1ccc(CN(C)CCc2ccccn2)cc1.O=C(O)C(=O)O. The molecule has 0 fully saturated rings. The zero-order chi connectivity index (χ0) is 19.4. The van der Waals surface area contributed by atoms with Crippen LogP contribution in [0.15, 0.2) is 48.7 Å². The van der Waals surface area contributed by atoms with E-state index in [0.717, 1.165) is 31.0 Å². The lowest BCUT2D eigenvalue weighted by atomic mass is 10.2. The number of aliphatic carboxylic acids is 2. The van der Waals surface area contributed by atoms with E-state index in [2.05, 4.69) is 35.1 Å². The topological polar surface area (TPSA) is 100.0 Å². The van der Waals surface area contributed by atoms with Gasteiger partial charge in [-0.1, -0.05) is 18.2 Å². The summed E-state index contributed by atoms with van der Waals surface area (Å²) < 4.78 is 5.45. The predicted octanol–water partition coefficient (Wildman–Crippen LogP) is 2.31. The summed E-state index contributed by atoms with van der Waals surface area (Å²) in [6.45, 7) is 4.66. The van der Waals surface area contributed by atoms with Crippen LogP contribution in [0.4, 0.5) is 0 Å². The Morgan fingerprint density at radius 1 is 1.08 bits per heavy atom. The van der Waals surface area contributed by atoms with Gasteiger partial charge in [0.25, 0.3) is 0 Å². The maximum Gasteiger partial charge on any atom is 0.414 e. The van der Waals surface area contributed by atoms with E-state index in [1.165, 1.54) is 5.56 Å². The van der Waals surface area contributed by atoms with Gasteiger partial charge in [-0.2, -0.15) is 0 Å². The first-order valence-electron chi connectivity index (χ1n) is 8.18. The van der Waals surface area contributed by atoms with Crippen LogP contribution in [0.1, 0.15) is 18.2 Å². The second kappa shape index (κ2) is 11.6. The molecule has 2 rings (SSSR count). The normalized spacial score (nSPS) is 9.96. The number of pyridine rings is 1. The summed E-state index contributed by atoms with van der Waals surface area (Å²) in [6.07, 6.45) is 2.83. The van der Waals surface area contributed by atoms with E-state index in [-0.39, 0.29) is 0 Å². The van der Waals surface area contributed by atoms with Gasteiger partial charge in [-0.3, -0.25) is 4.98 Å². The van der Waals surface area contributed by atoms with Crippen LogP contribution in [0.25, 0.3) is 0 Å². The average Bonchev–Trinajstić information content (AvgIpc) is 2.63. The molecule has 0 aliphatic rings. The van der Waals surface area contributed by atoms with Crippen molar-refractivity contribution >= 4 is 11.9 Å². The maximum atomic E-state index is 9.10. The molecule has 0 bridgehead atoms. The second-order valence-corrected chi connectivity index (χ2v) is 5.50. The molecule has 0 saturated carbocycles. The number of benzene rings is 1. The molecule has 0 unspecified atom stereocenters. The summed E-state index contributed by atoms with van der Waals surface area (Å²) in [4.78, 5) is 24.9. The number of hydrogen-bond acceptors (Lipinski definition) is 5. The Labute approximate surface area is 152 Å². The average molecular weight is 360 g/mol. The third-order valence-electron chi connectivity index (χ3n) is 3.35. The lowest BCUT2D eigenvalue weighted by Gasteiger charge is -2.16. The highest BCUT2D eigenvalue weighted by atomic mass is 16.5. The van der Waals surface area contributed by atoms with E-state index in [1.807, 2.05) is 37.4 Å². The molecule has 0 amide bonds. The third-order valence-corrected chi connectivity index (χ3v) is 3.35. The minimum Gasteiger partial charge on any atom is -0.494 e. The van der Waals surface area contributed by atoms with Crippen LogP contribution in [0, 0.1) is 0 Å². The molecule has 0 saturated heterocycles. The van der Waals surface area contributed by atoms with E-state index in [9.17, 15) is 0 Å². The Morgan fingerprint density at radius 2 is 1.73 bits per heavy atom. The van der Waals surface area contributed by atoms with Crippen LogP contribution in [0.2, 0.25) is 0 Å². The van der Waals surface area contributed by atoms with Gasteiger partial charge < -0.3 is 19.8 Å². The molecule has 1 aromatic carbocycles. The molecule has 2 N–H and O–H groups in total. The van der Waals surface area contributed by atoms with Gasteiger partial charge in [0.05, 0.1) is 6.61 Å². The van der Waals surface area contributed by atoms with Crippen molar-refractivity contribution in [3.63, 3.8) is 0 Å². The predicted molar refractivity (Wildman–Crippen MR) is 97.2 cm³/mol. The van der Waals surface area contributed by atoms with Crippen molar-refractivity contribution in [1.82, 2.24) is 9.88 Å². The van der Waals surface area contributed by atoms with Gasteiger partial charge in [0.1, 0.15) is 5.75 Å². The zero-order valence-electron chi connectivity index (χ0n) is 15.0. The Hall–Kier alpha value is -2.93. The van der Waals surface area contributed by atoms with Gasteiger partial charge >= 0.3 is 11.9 Å². The van der Waals surface area contributed by atoms with Crippen molar-refractivity contribution in [1.29, 1.82) is 0 Å². The molecule has 140 valence electrons. The molecule has 7 heteroatoms. The van der Waals surface area contributed by atoms with Gasteiger partial charge in [0.15, 0.2) is 0 Å². The smallest absolute Gasteiger partial charge is 0.414 e. The summed E-state index contributed by atoms with van der Waals surface area (Å²) in [7, 11) is 2.14. The van der Waals surface area contributed by atoms with Crippen molar-refractivity contribution < 1.29 is 24.5 Å². The fourth-order valence-electron chi connectivity index (χ4n) is 2.10. The zero-order valence-corrected chi connectivity index (χ0v) is 15.0. The van der Waals surface area contributed by atoms with E-state index in [4.69, 9.17) is 24.5 Å². The molecule has 0 aliphatic heterocycles. The second-order valence-electron chi connectivity index (χ2n) is 5.50. The molecular formula is C19H24N2O5. The molecule has 7 nitrogen and oxygen atoms in total. The van der Waals surface area contributed by atoms with E-state index in [0.29, 0.717) is 6.61 Å². The van der Waals surface area contributed by atoms with Crippen LogP contribution < -0.4 is 4.74 Å². The number of aromatic nitrogens is 1. The number of carboxylic acid groups (broad SMARTS) is 2. The van der Waals surface area contributed by atoms with Gasteiger partial charge in [0.2, 0.25) is 0 Å². The van der Waals surface area contributed by atoms with Crippen LogP contribution in [-0.2, 0) is 22.6 Å². The summed E-state index contributed by atoms with van der Waals surface area (Å²) in [6, 6.07) is 14.4. The standard InChI is InChI=1S/C17H22N2O.C2H2O4/c1-3-20-17-9-7-15(8-10-17)14-19(2)13-11-16-6-4-5-12-18-16;3-1(4)2(5)6/h4-10,12H,3,11,13-14H2,1-2H3;(H,3,4)(H,5,6). The lowest BCUT2D eigenvalue weighted by molar-refractivity contribution is -0.159. The molecule has 0 atom stereocenters. The van der Waals surface area contributed by atoms with Crippen LogP contribution in [-0.4, -0.2) is 52.2 Å². The van der Waals surface area contributed by atoms with Crippen LogP contribution >= 0.6 is 0 Å².